The van der Waals surface area contributed by atoms with Crippen molar-refractivity contribution in [3.05, 3.63) is 0 Å². The molecule has 1 amide bonds. The molecule has 0 unspecified atom stereocenters. The number of amides is 1. The molecule has 64 valence electrons. The first-order chi connectivity index (χ1) is 5.18. The molecule has 1 atom stereocenters. The molecule has 0 bridgehead atoms. The Hall–Kier alpha value is -0.570. The first-order valence-corrected chi connectivity index (χ1v) is 4.09. The largest absolute Gasteiger partial charge is 0.377 e. The zero-order chi connectivity index (χ0) is 8.27. The first kappa shape index (κ1) is 8.53. The lowest BCUT2D eigenvalue weighted by Gasteiger charge is -2.12. The molecule has 0 saturated carbocycles. The fourth-order valence-corrected chi connectivity index (χ4v) is 1.11. The third kappa shape index (κ3) is 2.89. The van der Waals surface area contributed by atoms with E-state index in [4.69, 9.17) is 4.74 Å². The predicted octanol–water partition coefficient (Wildman–Crippen LogP) is 0.690. The van der Waals surface area contributed by atoms with Gasteiger partial charge in [-0.3, -0.25) is 4.79 Å². The average Bonchev–Trinajstić information content (AvgIpc) is 2.31. The van der Waals surface area contributed by atoms with Crippen molar-refractivity contribution in [1.82, 2.24) is 5.32 Å². The summed E-state index contributed by atoms with van der Waals surface area (Å²) in [5.74, 6) is 0.155. The van der Waals surface area contributed by atoms with E-state index in [2.05, 4.69) is 5.32 Å². The number of carbonyl (C=O) groups is 1. The van der Waals surface area contributed by atoms with Gasteiger partial charge in [-0.25, -0.2) is 0 Å². The summed E-state index contributed by atoms with van der Waals surface area (Å²) >= 11 is 0. The monoisotopic (exact) mass is 157 g/mol. The van der Waals surface area contributed by atoms with Crippen LogP contribution >= 0.6 is 0 Å². The van der Waals surface area contributed by atoms with Gasteiger partial charge in [0.25, 0.3) is 0 Å². The van der Waals surface area contributed by atoms with Crippen LogP contribution in [-0.4, -0.2) is 24.7 Å². The molecule has 3 nitrogen and oxygen atoms in total. The summed E-state index contributed by atoms with van der Waals surface area (Å²) in [6.07, 6.45) is 1.84. The molecule has 0 spiro atoms. The van der Waals surface area contributed by atoms with Crippen molar-refractivity contribution < 1.29 is 9.53 Å². The van der Waals surface area contributed by atoms with E-state index in [0.717, 1.165) is 6.42 Å². The highest BCUT2D eigenvalue weighted by Gasteiger charge is 2.20. The summed E-state index contributed by atoms with van der Waals surface area (Å²) in [6, 6.07) is 0.255. The van der Waals surface area contributed by atoms with Gasteiger partial charge in [-0.1, -0.05) is 0 Å². The highest BCUT2D eigenvalue weighted by atomic mass is 16.5. The minimum absolute atomic E-state index is 0.155. The third-order valence-electron chi connectivity index (χ3n) is 1.72. The van der Waals surface area contributed by atoms with Crippen molar-refractivity contribution >= 4 is 5.91 Å². The van der Waals surface area contributed by atoms with Crippen LogP contribution in [0.1, 0.15) is 26.7 Å². The molecule has 3 heteroatoms. The van der Waals surface area contributed by atoms with Crippen LogP contribution in [0, 0.1) is 0 Å². The van der Waals surface area contributed by atoms with Crippen molar-refractivity contribution in [3.8, 4) is 0 Å². The number of rotatable bonds is 3. The molecule has 0 aliphatic carbocycles. The van der Waals surface area contributed by atoms with Gasteiger partial charge in [0, 0.05) is 6.42 Å². The van der Waals surface area contributed by atoms with Gasteiger partial charge < -0.3 is 10.1 Å². The Bertz CT molecular complexity index is 145. The maximum Gasteiger partial charge on any atom is 0.220 e. The molecule has 1 rings (SSSR count). The highest BCUT2D eigenvalue weighted by molar-refractivity contribution is 5.78. The summed E-state index contributed by atoms with van der Waals surface area (Å²) in [6.45, 7) is 4.65. The van der Waals surface area contributed by atoms with Crippen LogP contribution in [0.4, 0.5) is 0 Å². The Balaban J connectivity index is 2.13. The zero-order valence-corrected chi connectivity index (χ0v) is 7.09. The lowest BCUT2D eigenvalue weighted by Crippen LogP contribution is -2.30. The topological polar surface area (TPSA) is 38.3 Å². The molecule has 11 heavy (non-hydrogen) atoms. The average molecular weight is 157 g/mol. The summed E-state index contributed by atoms with van der Waals surface area (Å²) in [7, 11) is 0. The van der Waals surface area contributed by atoms with Crippen molar-refractivity contribution in [1.29, 1.82) is 0 Å². The van der Waals surface area contributed by atoms with E-state index in [0.29, 0.717) is 13.0 Å². The minimum atomic E-state index is 0.155. The Labute approximate surface area is 67.1 Å². The lowest BCUT2D eigenvalue weighted by molar-refractivity contribution is -0.119. The molecule has 1 heterocycles. The van der Waals surface area contributed by atoms with Crippen LogP contribution in [0.25, 0.3) is 0 Å². The number of ether oxygens (including phenoxy) is 1. The van der Waals surface area contributed by atoms with E-state index >= 15 is 0 Å². The molecule has 0 radical (unpaired) electrons. The van der Waals surface area contributed by atoms with Crippen LogP contribution in [0.3, 0.4) is 0 Å². The fraction of sp³-hybridized carbons (Fsp3) is 0.875. The second-order valence-corrected chi connectivity index (χ2v) is 3.19. The number of nitrogens with one attached hydrogen (secondary N) is 1. The molecular formula is C8H15NO2. The van der Waals surface area contributed by atoms with Crippen LogP contribution < -0.4 is 5.32 Å². The van der Waals surface area contributed by atoms with Gasteiger partial charge in [0.2, 0.25) is 5.91 Å². The molecule has 1 saturated heterocycles. The summed E-state index contributed by atoms with van der Waals surface area (Å²) in [5.41, 5.74) is 0. The SMILES string of the molecule is CC(C)OC[C@H]1CCC(=O)N1. The van der Waals surface area contributed by atoms with Gasteiger partial charge in [-0.15, -0.1) is 0 Å². The molecule has 0 aromatic heterocycles. The Kier molecular flexibility index (Phi) is 2.88. The van der Waals surface area contributed by atoms with E-state index in [9.17, 15) is 4.79 Å². The van der Waals surface area contributed by atoms with Crippen LogP contribution in [0.2, 0.25) is 0 Å². The van der Waals surface area contributed by atoms with Gasteiger partial charge in [-0.2, -0.15) is 0 Å². The second-order valence-electron chi connectivity index (χ2n) is 3.19. The fourth-order valence-electron chi connectivity index (χ4n) is 1.11. The normalized spacial score (nSPS) is 24.3. The maximum atomic E-state index is 10.7. The molecular weight excluding hydrogens is 142 g/mol. The van der Waals surface area contributed by atoms with E-state index in [1.165, 1.54) is 0 Å². The molecule has 1 aliphatic heterocycles. The maximum absolute atomic E-state index is 10.7. The van der Waals surface area contributed by atoms with Gasteiger partial charge >= 0.3 is 0 Å². The second kappa shape index (κ2) is 3.72. The van der Waals surface area contributed by atoms with Gasteiger partial charge in [-0.05, 0) is 20.3 Å². The summed E-state index contributed by atoms with van der Waals surface area (Å²) in [4.78, 5) is 10.7. The standard InChI is InChI=1S/C8H15NO2/c1-6(2)11-5-7-3-4-8(10)9-7/h6-7H,3-5H2,1-2H3,(H,9,10)/t7-/m1/s1. The summed E-state index contributed by atoms with van der Waals surface area (Å²) in [5, 5.41) is 2.85. The van der Waals surface area contributed by atoms with Gasteiger partial charge in [0.05, 0.1) is 18.8 Å². The molecule has 0 aromatic rings. The molecule has 1 aliphatic rings. The molecule has 1 N–H and O–H groups in total. The molecule has 1 fully saturated rings. The first-order valence-electron chi connectivity index (χ1n) is 4.09. The van der Waals surface area contributed by atoms with Crippen molar-refractivity contribution in [2.24, 2.45) is 0 Å². The predicted molar refractivity (Wildman–Crippen MR) is 42.3 cm³/mol. The minimum Gasteiger partial charge on any atom is -0.377 e. The Morgan fingerprint density at radius 1 is 1.73 bits per heavy atom. The number of carbonyl (C=O) groups excluding carboxylic acids is 1. The zero-order valence-electron chi connectivity index (χ0n) is 7.09. The quantitative estimate of drug-likeness (QED) is 0.654. The van der Waals surface area contributed by atoms with Gasteiger partial charge in [0.1, 0.15) is 0 Å². The lowest BCUT2D eigenvalue weighted by atomic mass is 10.2. The Morgan fingerprint density at radius 2 is 2.45 bits per heavy atom. The van der Waals surface area contributed by atoms with Crippen molar-refractivity contribution in [2.45, 2.75) is 38.8 Å². The van der Waals surface area contributed by atoms with Crippen LogP contribution in [0.5, 0.6) is 0 Å². The van der Waals surface area contributed by atoms with E-state index in [1.807, 2.05) is 13.8 Å². The number of hydrogen-bond donors (Lipinski definition) is 1. The smallest absolute Gasteiger partial charge is 0.220 e. The third-order valence-corrected chi connectivity index (χ3v) is 1.72. The number of hydrogen-bond acceptors (Lipinski definition) is 2. The van der Waals surface area contributed by atoms with Crippen molar-refractivity contribution in [2.75, 3.05) is 6.61 Å². The molecule has 0 aromatic carbocycles. The van der Waals surface area contributed by atoms with Crippen LogP contribution in [-0.2, 0) is 9.53 Å². The van der Waals surface area contributed by atoms with E-state index < -0.39 is 0 Å². The Morgan fingerprint density at radius 3 is 2.91 bits per heavy atom. The van der Waals surface area contributed by atoms with Crippen LogP contribution in [0.15, 0.2) is 0 Å². The van der Waals surface area contributed by atoms with Crippen molar-refractivity contribution in [3.63, 3.8) is 0 Å². The van der Waals surface area contributed by atoms with Gasteiger partial charge in [0.15, 0.2) is 0 Å². The van der Waals surface area contributed by atoms with E-state index in [1.54, 1.807) is 0 Å². The summed E-state index contributed by atoms with van der Waals surface area (Å²) < 4.78 is 5.36. The van der Waals surface area contributed by atoms with E-state index in [-0.39, 0.29) is 18.1 Å². The highest BCUT2D eigenvalue weighted by Crippen LogP contribution is 2.07.